The van der Waals surface area contributed by atoms with Crippen LogP contribution in [-0.2, 0) is 4.74 Å². The van der Waals surface area contributed by atoms with Gasteiger partial charge in [-0.2, -0.15) is 5.10 Å². The van der Waals surface area contributed by atoms with Crippen molar-refractivity contribution >= 4 is 27.5 Å². The van der Waals surface area contributed by atoms with Crippen LogP contribution in [0.5, 0.6) is 0 Å². The van der Waals surface area contributed by atoms with Gasteiger partial charge in [0.2, 0.25) is 0 Å². The van der Waals surface area contributed by atoms with Gasteiger partial charge < -0.3 is 4.74 Å². The zero-order valence-electron chi connectivity index (χ0n) is 11.2. The van der Waals surface area contributed by atoms with Crippen molar-refractivity contribution < 1.29 is 9.53 Å². The molecule has 21 heavy (non-hydrogen) atoms. The first-order chi connectivity index (χ1) is 10.2. The first-order valence-corrected chi connectivity index (χ1v) is 7.13. The molecule has 0 aliphatic rings. The summed E-state index contributed by atoms with van der Waals surface area (Å²) in [6.45, 7) is 2.05. The SMILES string of the molecule is CCOC(=O)c1cc(-c2ccccn2)n2nc(Br)cc2n1. The molecule has 6 nitrogen and oxygen atoms in total. The molecule has 0 unspecified atom stereocenters. The van der Waals surface area contributed by atoms with Gasteiger partial charge in [-0.15, -0.1) is 0 Å². The van der Waals surface area contributed by atoms with Crippen LogP contribution in [0.2, 0.25) is 0 Å². The maximum absolute atomic E-state index is 11.9. The molecule has 3 aromatic heterocycles. The smallest absolute Gasteiger partial charge is 0.357 e. The highest BCUT2D eigenvalue weighted by Crippen LogP contribution is 2.21. The molecule has 0 radical (unpaired) electrons. The zero-order valence-corrected chi connectivity index (χ0v) is 12.7. The molecule has 0 fully saturated rings. The van der Waals surface area contributed by atoms with Crippen LogP contribution in [0.15, 0.2) is 41.1 Å². The van der Waals surface area contributed by atoms with Crippen LogP contribution in [0.1, 0.15) is 17.4 Å². The Morgan fingerprint density at radius 3 is 2.95 bits per heavy atom. The quantitative estimate of drug-likeness (QED) is 0.682. The second-order valence-corrected chi connectivity index (χ2v) is 5.01. The molecule has 0 aromatic carbocycles. The fourth-order valence-corrected chi connectivity index (χ4v) is 2.32. The Labute approximate surface area is 128 Å². The van der Waals surface area contributed by atoms with Crippen LogP contribution < -0.4 is 0 Å². The van der Waals surface area contributed by atoms with E-state index in [4.69, 9.17) is 4.74 Å². The molecule has 0 atom stereocenters. The zero-order chi connectivity index (χ0) is 14.8. The van der Waals surface area contributed by atoms with E-state index in [0.717, 1.165) is 0 Å². The number of ether oxygens (including phenoxy) is 1. The number of pyridine rings is 1. The summed E-state index contributed by atoms with van der Waals surface area (Å²) in [5.74, 6) is -0.463. The Kier molecular flexibility index (Phi) is 3.66. The average Bonchev–Trinajstić information content (AvgIpc) is 2.87. The minimum atomic E-state index is -0.463. The number of hydrogen-bond donors (Lipinski definition) is 0. The highest BCUT2D eigenvalue weighted by Gasteiger charge is 2.16. The van der Waals surface area contributed by atoms with Crippen LogP contribution in [-0.4, -0.2) is 32.2 Å². The van der Waals surface area contributed by atoms with Gasteiger partial charge in [0.05, 0.1) is 18.0 Å². The lowest BCUT2D eigenvalue weighted by atomic mass is 10.2. The number of carbonyl (C=O) groups excluding carboxylic acids is 1. The third-order valence-electron chi connectivity index (χ3n) is 2.81. The summed E-state index contributed by atoms with van der Waals surface area (Å²) < 4.78 is 7.28. The van der Waals surface area contributed by atoms with Crippen LogP contribution in [0.25, 0.3) is 17.0 Å². The topological polar surface area (TPSA) is 69.4 Å². The molecule has 7 heteroatoms. The minimum Gasteiger partial charge on any atom is -0.461 e. The summed E-state index contributed by atoms with van der Waals surface area (Å²) in [4.78, 5) is 20.5. The number of aromatic nitrogens is 4. The van der Waals surface area contributed by atoms with Gasteiger partial charge in [-0.25, -0.2) is 14.3 Å². The summed E-state index contributed by atoms with van der Waals surface area (Å²) in [5, 5.41) is 4.31. The van der Waals surface area contributed by atoms with E-state index in [0.29, 0.717) is 28.2 Å². The Balaban J connectivity index is 2.23. The summed E-state index contributed by atoms with van der Waals surface area (Å²) in [6.07, 6.45) is 1.68. The molecule has 0 saturated carbocycles. The van der Waals surface area contributed by atoms with Crippen molar-refractivity contribution in [3.63, 3.8) is 0 Å². The van der Waals surface area contributed by atoms with Gasteiger partial charge in [0.15, 0.2) is 11.3 Å². The molecule has 106 valence electrons. The fourth-order valence-electron chi connectivity index (χ4n) is 1.95. The van der Waals surface area contributed by atoms with E-state index in [9.17, 15) is 4.79 Å². The standard InChI is InChI=1S/C14H11BrN4O2/c1-2-21-14(20)10-7-11(9-5-3-4-6-16-9)19-13(17-10)8-12(15)18-19/h3-8H,2H2,1H3. The fraction of sp³-hybridized carbons (Fsp3) is 0.143. The molecule has 3 rings (SSSR count). The van der Waals surface area contributed by atoms with Crippen molar-refractivity contribution in [2.24, 2.45) is 0 Å². The maximum atomic E-state index is 11.9. The Morgan fingerprint density at radius 2 is 2.24 bits per heavy atom. The summed E-state index contributed by atoms with van der Waals surface area (Å²) in [7, 11) is 0. The lowest BCUT2D eigenvalue weighted by molar-refractivity contribution is 0.0519. The number of halogens is 1. The normalized spacial score (nSPS) is 10.8. The van der Waals surface area contributed by atoms with Crippen molar-refractivity contribution in [2.45, 2.75) is 6.92 Å². The van der Waals surface area contributed by atoms with E-state index in [1.54, 1.807) is 29.8 Å². The average molecular weight is 347 g/mol. The molecule has 0 N–H and O–H groups in total. The Hall–Kier alpha value is -2.28. The second kappa shape index (κ2) is 5.61. The Bertz CT molecular complexity index is 801. The number of fused-ring (bicyclic) bond motifs is 1. The van der Waals surface area contributed by atoms with Gasteiger partial charge >= 0.3 is 5.97 Å². The van der Waals surface area contributed by atoms with E-state index in [1.165, 1.54) is 0 Å². The van der Waals surface area contributed by atoms with Crippen molar-refractivity contribution in [1.82, 2.24) is 19.6 Å². The van der Waals surface area contributed by atoms with E-state index in [2.05, 4.69) is 31.0 Å². The molecule has 0 bridgehead atoms. The lowest BCUT2D eigenvalue weighted by Crippen LogP contribution is -2.10. The molecule has 0 amide bonds. The maximum Gasteiger partial charge on any atom is 0.357 e. The number of carbonyl (C=O) groups is 1. The number of nitrogens with zero attached hydrogens (tertiary/aromatic N) is 4. The minimum absolute atomic E-state index is 0.234. The largest absolute Gasteiger partial charge is 0.461 e. The summed E-state index contributed by atoms with van der Waals surface area (Å²) in [5.41, 5.74) is 2.16. The molecule has 0 aliphatic carbocycles. The van der Waals surface area contributed by atoms with Gasteiger partial charge in [0.1, 0.15) is 4.60 Å². The monoisotopic (exact) mass is 346 g/mol. The van der Waals surface area contributed by atoms with Gasteiger partial charge in [0, 0.05) is 12.3 Å². The molecular formula is C14H11BrN4O2. The van der Waals surface area contributed by atoms with Crippen molar-refractivity contribution in [2.75, 3.05) is 6.61 Å². The predicted octanol–water partition coefficient (Wildman–Crippen LogP) is 2.73. The molecule has 3 heterocycles. The number of hydrogen-bond acceptors (Lipinski definition) is 5. The van der Waals surface area contributed by atoms with Crippen LogP contribution in [0.4, 0.5) is 0 Å². The Morgan fingerprint density at radius 1 is 1.38 bits per heavy atom. The summed E-state index contributed by atoms with van der Waals surface area (Å²) >= 11 is 3.32. The second-order valence-electron chi connectivity index (χ2n) is 4.20. The van der Waals surface area contributed by atoms with E-state index >= 15 is 0 Å². The third kappa shape index (κ3) is 2.64. The third-order valence-corrected chi connectivity index (χ3v) is 3.20. The van der Waals surface area contributed by atoms with E-state index in [-0.39, 0.29) is 5.69 Å². The lowest BCUT2D eigenvalue weighted by Gasteiger charge is -2.07. The van der Waals surface area contributed by atoms with Crippen molar-refractivity contribution in [3.05, 3.63) is 46.8 Å². The first kappa shape index (κ1) is 13.7. The predicted molar refractivity (Wildman–Crippen MR) is 79.9 cm³/mol. The van der Waals surface area contributed by atoms with Gasteiger partial charge in [-0.1, -0.05) is 6.07 Å². The van der Waals surface area contributed by atoms with Gasteiger partial charge in [-0.05, 0) is 41.1 Å². The highest BCUT2D eigenvalue weighted by molar-refractivity contribution is 9.10. The molecule has 0 saturated heterocycles. The molecule has 0 spiro atoms. The van der Waals surface area contributed by atoms with E-state index < -0.39 is 5.97 Å². The van der Waals surface area contributed by atoms with Crippen LogP contribution >= 0.6 is 15.9 Å². The van der Waals surface area contributed by atoms with Crippen LogP contribution in [0.3, 0.4) is 0 Å². The summed E-state index contributed by atoms with van der Waals surface area (Å²) in [6, 6.07) is 8.91. The van der Waals surface area contributed by atoms with Crippen molar-refractivity contribution in [1.29, 1.82) is 0 Å². The highest BCUT2D eigenvalue weighted by atomic mass is 79.9. The number of rotatable bonds is 3. The molecular weight excluding hydrogens is 336 g/mol. The van der Waals surface area contributed by atoms with Crippen LogP contribution in [0, 0.1) is 0 Å². The molecule has 3 aromatic rings. The van der Waals surface area contributed by atoms with Gasteiger partial charge in [-0.3, -0.25) is 4.98 Å². The van der Waals surface area contributed by atoms with Crippen molar-refractivity contribution in [3.8, 4) is 11.4 Å². The number of esters is 1. The van der Waals surface area contributed by atoms with E-state index in [1.807, 2.05) is 18.2 Å². The first-order valence-electron chi connectivity index (χ1n) is 6.34. The van der Waals surface area contributed by atoms with Gasteiger partial charge in [0.25, 0.3) is 0 Å². The molecule has 0 aliphatic heterocycles.